The molecule has 1 aromatic heterocycles. The van der Waals surface area contributed by atoms with E-state index in [1.165, 1.54) is 0 Å². The lowest BCUT2D eigenvalue weighted by atomic mass is 10.1. The van der Waals surface area contributed by atoms with Gasteiger partial charge in [-0.2, -0.15) is 0 Å². The third kappa shape index (κ3) is 2.66. The quantitative estimate of drug-likeness (QED) is 0.645. The van der Waals surface area contributed by atoms with E-state index >= 15 is 0 Å². The summed E-state index contributed by atoms with van der Waals surface area (Å²) in [5.41, 5.74) is 1.40. The predicted octanol–water partition coefficient (Wildman–Crippen LogP) is 2.20. The molecule has 0 amide bonds. The van der Waals surface area contributed by atoms with Gasteiger partial charge in [0.15, 0.2) is 12.0 Å². The van der Waals surface area contributed by atoms with Crippen molar-refractivity contribution in [2.45, 2.75) is 0 Å². The molecule has 0 bridgehead atoms. The lowest BCUT2D eigenvalue weighted by Gasteiger charge is -1.96. The summed E-state index contributed by atoms with van der Waals surface area (Å²) < 4.78 is 5.26. The number of hydrogen-bond donors (Lipinski definition) is 1. The molecule has 0 atom stereocenters. The second kappa shape index (κ2) is 5.02. The van der Waals surface area contributed by atoms with E-state index in [4.69, 9.17) is 9.52 Å². The van der Waals surface area contributed by atoms with Gasteiger partial charge in [0.25, 0.3) is 0 Å². The Balaban J connectivity index is 2.25. The van der Waals surface area contributed by atoms with Crippen LogP contribution in [0.1, 0.15) is 16.1 Å². The van der Waals surface area contributed by atoms with Crippen molar-refractivity contribution in [3.05, 3.63) is 47.7 Å². The monoisotopic (exact) mass is 240 g/mol. The molecular weight excluding hydrogens is 232 g/mol. The van der Waals surface area contributed by atoms with Crippen LogP contribution in [0, 0.1) is 11.8 Å². The van der Waals surface area contributed by atoms with Crippen LogP contribution in [0.2, 0.25) is 0 Å². The Morgan fingerprint density at radius 1 is 1.17 bits per heavy atom. The fourth-order valence-corrected chi connectivity index (χ4v) is 1.41. The average Bonchev–Trinajstić information content (AvgIpc) is 2.85. The second-order valence-electron chi connectivity index (χ2n) is 3.45. The number of carboxylic acids is 1. The van der Waals surface area contributed by atoms with Gasteiger partial charge in [0, 0.05) is 17.0 Å². The zero-order valence-electron chi connectivity index (χ0n) is 9.21. The van der Waals surface area contributed by atoms with Gasteiger partial charge in [-0.3, -0.25) is 4.79 Å². The van der Waals surface area contributed by atoms with Gasteiger partial charge in [-0.15, -0.1) is 0 Å². The van der Waals surface area contributed by atoms with Crippen LogP contribution >= 0.6 is 0 Å². The Kier molecular flexibility index (Phi) is 3.26. The highest BCUT2D eigenvalue weighted by Crippen LogP contribution is 2.21. The number of rotatable bonds is 2. The molecule has 1 heterocycles. The fraction of sp³-hybridized carbons (Fsp3) is 0. The summed E-state index contributed by atoms with van der Waals surface area (Å²) >= 11 is 0. The highest BCUT2D eigenvalue weighted by molar-refractivity contribution is 5.87. The van der Waals surface area contributed by atoms with E-state index in [1.807, 2.05) is 5.92 Å². The number of aldehydes is 1. The number of furan rings is 1. The molecule has 1 N–H and O–H groups in total. The third-order valence-electron chi connectivity index (χ3n) is 2.23. The lowest BCUT2D eigenvalue weighted by molar-refractivity contribution is -0.130. The Morgan fingerprint density at radius 3 is 2.44 bits per heavy atom. The zero-order chi connectivity index (χ0) is 13.0. The molecule has 0 unspecified atom stereocenters. The molecule has 0 saturated carbocycles. The van der Waals surface area contributed by atoms with Crippen LogP contribution < -0.4 is 0 Å². The van der Waals surface area contributed by atoms with Crippen molar-refractivity contribution < 1.29 is 19.1 Å². The van der Waals surface area contributed by atoms with Gasteiger partial charge < -0.3 is 9.52 Å². The minimum absolute atomic E-state index is 0.264. The van der Waals surface area contributed by atoms with Crippen LogP contribution in [0.3, 0.4) is 0 Å². The van der Waals surface area contributed by atoms with Crippen LogP contribution in [0.25, 0.3) is 11.3 Å². The van der Waals surface area contributed by atoms with E-state index in [2.05, 4.69) is 5.92 Å². The maximum absolute atomic E-state index is 10.5. The first-order valence-electron chi connectivity index (χ1n) is 5.09. The molecule has 0 fully saturated rings. The molecule has 1 aromatic carbocycles. The summed E-state index contributed by atoms with van der Waals surface area (Å²) in [5.74, 6) is 4.21. The molecule has 0 aliphatic heterocycles. The Hall–Kier alpha value is -2.80. The van der Waals surface area contributed by atoms with E-state index in [0.29, 0.717) is 17.6 Å². The van der Waals surface area contributed by atoms with E-state index in [1.54, 1.807) is 36.4 Å². The molecule has 0 saturated heterocycles. The van der Waals surface area contributed by atoms with Crippen LogP contribution in [0.15, 0.2) is 40.8 Å². The van der Waals surface area contributed by atoms with Gasteiger partial charge in [-0.25, -0.2) is 4.79 Å². The van der Waals surface area contributed by atoms with Gasteiger partial charge in [0.1, 0.15) is 5.76 Å². The van der Waals surface area contributed by atoms with Crippen molar-refractivity contribution in [3.63, 3.8) is 0 Å². The number of carbonyl (C=O) groups is 2. The van der Waals surface area contributed by atoms with Crippen molar-refractivity contribution in [2.75, 3.05) is 0 Å². The summed E-state index contributed by atoms with van der Waals surface area (Å²) in [5, 5.41) is 8.42. The lowest BCUT2D eigenvalue weighted by Crippen LogP contribution is -1.87. The van der Waals surface area contributed by atoms with E-state index < -0.39 is 5.97 Å². The summed E-state index contributed by atoms with van der Waals surface area (Å²) in [6.07, 6.45) is 0.635. The molecule has 4 nitrogen and oxygen atoms in total. The summed E-state index contributed by atoms with van der Waals surface area (Å²) in [4.78, 5) is 20.8. The largest absolute Gasteiger partial charge is 0.472 e. The summed E-state index contributed by atoms with van der Waals surface area (Å²) in [6, 6.07) is 10.2. The first kappa shape index (κ1) is 11.7. The van der Waals surface area contributed by atoms with Crippen LogP contribution in [0.4, 0.5) is 0 Å². The van der Waals surface area contributed by atoms with Crippen molar-refractivity contribution in [3.8, 4) is 23.2 Å². The van der Waals surface area contributed by atoms with Gasteiger partial charge in [0.2, 0.25) is 0 Å². The first-order chi connectivity index (χ1) is 8.69. The topological polar surface area (TPSA) is 67.5 Å². The molecule has 88 valence electrons. The summed E-state index contributed by atoms with van der Waals surface area (Å²) in [7, 11) is 0. The number of benzene rings is 1. The smallest absolute Gasteiger partial charge is 0.382 e. The molecule has 0 spiro atoms. The maximum Gasteiger partial charge on any atom is 0.382 e. The highest BCUT2D eigenvalue weighted by atomic mass is 16.4. The normalized spacial score (nSPS) is 9.33. The van der Waals surface area contributed by atoms with Gasteiger partial charge >= 0.3 is 5.97 Å². The molecule has 0 radical (unpaired) electrons. The third-order valence-corrected chi connectivity index (χ3v) is 2.23. The van der Waals surface area contributed by atoms with Crippen molar-refractivity contribution >= 4 is 12.3 Å². The summed E-state index contributed by atoms with van der Waals surface area (Å²) in [6.45, 7) is 0. The van der Waals surface area contributed by atoms with Gasteiger partial charge in [0.05, 0.1) is 0 Å². The SMILES string of the molecule is O=Cc1ccc(-c2ccc(C#CC(=O)O)cc2)o1. The number of hydrogen-bond acceptors (Lipinski definition) is 3. The second-order valence-corrected chi connectivity index (χ2v) is 3.45. The fourth-order valence-electron chi connectivity index (χ4n) is 1.41. The maximum atomic E-state index is 10.5. The van der Waals surface area contributed by atoms with Crippen LogP contribution in [-0.2, 0) is 4.79 Å². The van der Waals surface area contributed by atoms with E-state index in [-0.39, 0.29) is 5.76 Å². The van der Waals surface area contributed by atoms with Crippen LogP contribution in [0.5, 0.6) is 0 Å². The van der Waals surface area contributed by atoms with Gasteiger partial charge in [-0.1, -0.05) is 18.1 Å². The first-order valence-corrected chi connectivity index (χ1v) is 5.09. The minimum atomic E-state index is -1.17. The van der Waals surface area contributed by atoms with E-state index in [0.717, 1.165) is 5.56 Å². The Bertz CT molecular complexity index is 638. The molecule has 4 heteroatoms. The minimum Gasteiger partial charge on any atom is -0.472 e. The Morgan fingerprint density at radius 2 is 1.89 bits per heavy atom. The van der Waals surface area contributed by atoms with E-state index in [9.17, 15) is 9.59 Å². The molecule has 0 aliphatic carbocycles. The van der Waals surface area contributed by atoms with Crippen molar-refractivity contribution in [2.24, 2.45) is 0 Å². The number of carboxylic acid groups (broad SMARTS) is 1. The molecule has 2 rings (SSSR count). The standard InChI is InChI=1S/C14H8O4/c15-9-12-6-7-13(18-12)11-4-1-10(2-5-11)3-8-14(16)17/h1-2,4-7,9H,(H,16,17). The molecule has 0 aliphatic rings. The molecular formula is C14H8O4. The molecule has 18 heavy (non-hydrogen) atoms. The van der Waals surface area contributed by atoms with Crippen molar-refractivity contribution in [1.82, 2.24) is 0 Å². The predicted molar refractivity (Wildman–Crippen MR) is 64.0 cm³/mol. The number of carbonyl (C=O) groups excluding carboxylic acids is 1. The zero-order valence-corrected chi connectivity index (χ0v) is 9.21. The van der Waals surface area contributed by atoms with Gasteiger partial charge in [-0.05, 0) is 24.3 Å². The van der Waals surface area contributed by atoms with Crippen molar-refractivity contribution in [1.29, 1.82) is 0 Å². The van der Waals surface area contributed by atoms with Crippen LogP contribution in [-0.4, -0.2) is 17.4 Å². The highest BCUT2D eigenvalue weighted by Gasteiger charge is 2.03. The average molecular weight is 240 g/mol. The molecule has 2 aromatic rings. The Labute approximate surface area is 103 Å². The number of aliphatic carboxylic acids is 1.